The summed E-state index contributed by atoms with van der Waals surface area (Å²) in [6.07, 6.45) is 1.87. The average Bonchev–Trinajstić information content (AvgIpc) is 2.99. The molecule has 20 heavy (non-hydrogen) atoms. The molecular weight excluding hydrogens is 276 g/mol. The number of likely N-dealkylation sites (N-methyl/N-ethyl adjacent to an activating group) is 1. The van der Waals surface area contributed by atoms with E-state index in [2.05, 4.69) is 12.2 Å². The summed E-state index contributed by atoms with van der Waals surface area (Å²) in [6, 6.07) is 5.67. The second-order valence-electron chi connectivity index (χ2n) is 4.53. The molecule has 106 valence electrons. The van der Waals surface area contributed by atoms with Crippen LogP contribution in [0.1, 0.15) is 12.5 Å². The third-order valence-corrected chi connectivity index (χ3v) is 4.33. The van der Waals surface area contributed by atoms with E-state index in [9.17, 15) is 4.79 Å². The monoisotopic (exact) mass is 292 g/mol. The number of carbonyl (C=O) groups excluding carboxylic acids is 1. The first-order chi connectivity index (χ1) is 9.69. The van der Waals surface area contributed by atoms with Crippen LogP contribution in [0.4, 0.5) is 0 Å². The molecule has 6 heteroatoms. The number of thioether (sulfide) groups is 1. The van der Waals surface area contributed by atoms with Gasteiger partial charge >= 0.3 is 0 Å². The van der Waals surface area contributed by atoms with Crippen LogP contribution in [0.5, 0.6) is 11.5 Å². The van der Waals surface area contributed by atoms with Crippen molar-refractivity contribution in [3.8, 4) is 11.5 Å². The fourth-order valence-corrected chi connectivity index (χ4v) is 3.05. The molecule has 0 spiro atoms. The highest BCUT2D eigenvalue weighted by Crippen LogP contribution is 2.33. The summed E-state index contributed by atoms with van der Waals surface area (Å²) in [5, 5.41) is 2.95. The smallest absolute Gasteiger partial charge is 0.269 e. The lowest BCUT2D eigenvalue weighted by Gasteiger charge is -2.19. The van der Waals surface area contributed by atoms with Crippen molar-refractivity contribution in [2.45, 2.75) is 12.4 Å². The van der Waals surface area contributed by atoms with Crippen LogP contribution in [-0.2, 0) is 4.79 Å². The Labute approximate surface area is 121 Å². The number of nitrogens with one attached hydrogen (secondary N) is 1. The average molecular weight is 292 g/mol. The predicted octanol–water partition coefficient (Wildman–Crippen LogP) is 1.85. The summed E-state index contributed by atoms with van der Waals surface area (Å²) in [5.74, 6) is 2.37. The van der Waals surface area contributed by atoms with Gasteiger partial charge in [0.1, 0.15) is 5.70 Å². The molecule has 1 fully saturated rings. The quantitative estimate of drug-likeness (QED) is 0.862. The Hall–Kier alpha value is -1.82. The van der Waals surface area contributed by atoms with E-state index >= 15 is 0 Å². The van der Waals surface area contributed by atoms with Crippen LogP contribution in [0.2, 0.25) is 0 Å². The van der Waals surface area contributed by atoms with Crippen molar-refractivity contribution in [2.24, 2.45) is 0 Å². The molecule has 0 radical (unpaired) electrons. The van der Waals surface area contributed by atoms with E-state index in [1.165, 1.54) is 0 Å². The lowest BCUT2D eigenvalue weighted by atomic mass is 10.1. The lowest BCUT2D eigenvalue weighted by Crippen LogP contribution is -2.29. The molecule has 2 aliphatic heterocycles. The van der Waals surface area contributed by atoms with Gasteiger partial charge < -0.3 is 19.7 Å². The van der Waals surface area contributed by atoms with Gasteiger partial charge in [-0.15, -0.1) is 11.8 Å². The molecule has 1 aromatic rings. The van der Waals surface area contributed by atoms with E-state index in [4.69, 9.17) is 9.47 Å². The number of fused-ring (bicyclic) bond motifs is 1. The molecular formula is C14H16N2O3S. The molecule has 0 saturated carbocycles. The molecule has 1 atom stereocenters. The van der Waals surface area contributed by atoms with Crippen LogP contribution >= 0.6 is 11.8 Å². The summed E-state index contributed by atoms with van der Waals surface area (Å²) in [4.78, 5) is 14.0. The van der Waals surface area contributed by atoms with Crippen molar-refractivity contribution in [2.75, 3.05) is 19.6 Å². The maximum atomic E-state index is 12.0. The van der Waals surface area contributed by atoms with Gasteiger partial charge in [0.2, 0.25) is 6.79 Å². The minimum atomic E-state index is -0.0453. The van der Waals surface area contributed by atoms with E-state index in [0.717, 1.165) is 22.8 Å². The number of nitrogens with zero attached hydrogens (tertiary/aromatic N) is 1. The second kappa shape index (κ2) is 5.28. The fourth-order valence-electron chi connectivity index (χ4n) is 2.21. The van der Waals surface area contributed by atoms with Crippen molar-refractivity contribution in [1.82, 2.24) is 10.2 Å². The van der Waals surface area contributed by atoms with Gasteiger partial charge in [-0.05, 0) is 29.5 Å². The largest absolute Gasteiger partial charge is 0.454 e. The first-order valence-corrected chi connectivity index (χ1v) is 7.50. The minimum absolute atomic E-state index is 0.00719. The third-order valence-electron chi connectivity index (χ3n) is 3.24. The number of benzene rings is 1. The molecule has 1 N–H and O–H groups in total. The summed E-state index contributed by atoms with van der Waals surface area (Å²) < 4.78 is 10.6. The topological polar surface area (TPSA) is 50.8 Å². The predicted molar refractivity (Wildman–Crippen MR) is 78.4 cm³/mol. The zero-order valence-electron chi connectivity index (χ0n) is 11.4. The van der Waals surface area contributed by atoms with E-state index in [0.29, 0.717) is 5.70 Å². The van der Waals surface area contributed by atoms with Gasteiger partial charge in [0.15, 0.2) is 17.0 Å². The van der Waals surface area contributed by atoms with Crippen LogP contribution in [0, 0.1) is 0 Å². The maximum absolute atomic E-state index is 12.0. The van der Waals surface area contributed by atoms with E-state index in [1.54, 1.807) is 11.8 Å². The van der Waals surface area contributed by atoms with Crippen LogP contribution in [0.15, 0.2) is 23.9 Å². The zero-order chi connectivity index (χ0) is 14.1. The highest BCUT2D eigenvalue weighted by molar-refractivity contribution is 7.99. The Morgan fingerprint density at radius 2 is 2.25 bits per heavy atom. The van der Waals surface area contributed by atoms with Gasteiger partial charge in [-0.25, -0.2) is 0 Å². The fraction of sp³-hybridized carbons (Fsp3) is 0.357. The number of ether oxygens (including phenoxy) is 2. The Kier molecular flexibility index (Phi) is 3.48. The van der Waals surface area contributed by atoms with Crippen molar-refractivity contribution in [3.63, 3.8) is 0 Å². The maximum Gasteiger partial charge on any atom is 0.269 e. The number of rotatable bonds is 3. The Balaban J connectivity index is 1.86. The van der Waals surface area contributed by atoms with E-state index in [-0.39, 0.29) is 18.2 Å². The molecule has 1 amide bonds. The summed E-state index contributed by atoms with van der Waals surface area (Å²) in [7, 11) is 1.92. The molecule has 0 bridgehead atoms. The van der Waals surface area contributed by atoms with Crippen LogP contribution < -0.4 is 14.8 Å². The highest BCUT2D eigenvalue weighted by atomic mass is 32.2. The number of hydrogen-bond donors (Lipinski definition) is 1. The third kappa shape index (κ3) is 2.31. The summed E-state index contributed by atoms with van der Waals surface area (Å²) in [6.45, 7) is 2.33. The number of carbonyl (C=O) groups is 1. The summed E-state index contributed by atoms with van der Waals surface area (Å²) >= 11 is 1.69. The number of amides is 1. The Morgan fingerprint density at radius 3 is 3.05 bits per heavy atom. The van der Waals surface area contributed by atoms with Gasteiger partial charge in [-0.3, -0.25) is 4.79 Å². The highest BCUT2D eigenvalue weighted by Gasteiger charge is 2.31. The van der Waals surface area contributed by atoms with Crippen molar-refractivity contribution >= 4 is 23.7 Å². The van der Waals surface area contributed by atoms with E-state index in [1.807, 2.05) is 36.2 Å². The van der Waals surface area contributed by atoms with E-state index < -0.39 is 0 Å². The van der Waals surface area contributed by atoms with Gasteiger partial charge in [-0.1, -0.05) is 13.0 Å². The van der Waals surface area contributed by atoms with Crippen LogP contribution in [0.3, 0.4) is 0 Å². The molecule has 0 aliphatic carbocycles. The van der Waals surface area contributed by atoms with Crippen molar-refractivity contribution in [1.29, 1.82) is 0 Å². The molecule has 2 heterocycles. The van der Waals surface area contributed by atoms with Crippen molar-refractivity contribution in [3.05, 3.63) is 29.5 Å². The molecule has 0 aromatic heterocycles. The lowest BCUT2D eigenvalue weighted by molar-refractivity contribution is -0.116. The standard InChI is InChI=1S/C14H16N2O3S/c1-3-20-14-15-13(17)10(16(14)2)6-9-4-5-11-12(7-9)19-8-18-11/h4-7,14H,3,8H2,1-2H3,(H,15,17)/b10-6-. The zero-order valence-corrected chi connectivity index (χ0v) is 12.2. The van der Waals surface area contributed by atoms with Crippen LogP contribution in [-0.4, -0.2) is 35.9 Å². The molecule has 3 rings (SSSR count). The first kappa shape index (κ1) is 13.2. The number of hydrogen-bond acceptors (Lipinski definition) is 5. The molecule has 1 aromatic carbocycles. The Morgan fingerprint density at radius 1 is 1.45 bits per heavy atom. The summed E-state index contributed by atoms with van der Waals surface area (Å²) in [5.41, 5.74) is 1.59. The molecule has 1 unspecified atom stereocenters. The van der Waals surface area contributed by atoms with Crippen LogP contribution in [0.25, 0.3) is 6.08 Å². The van der Waals surface area contributed by atoms with Gasteiger partial charge in [0.05, 0.1) is 0 Å². The van der Waals surface area contributed by atoms with Gasteiger partial charge in [0.25, 0.3) is 5.91 Å². The molecule has 1 saturated heterocycles. The van der Waals surface area contributed by atoms with Gasteiger partial charge in [-0.2, -0.15) is 0 Å². The second-order valence-corrected chi connectivity index (χ2v) is 5.89. The molecule has 2 aliphatic rings. The van der Waals surface area contributed by atoms with Gasteiger partial charge in [0, 0.05) is 7.05 Å². The van der Waals surface area contributed by atoms with Crippen molar-refractivity contribution < 1.29 is 14.3 Å². The molecule has 5 nitrogen and oxygen atoms in total. The Bertz CT molecular complexity index is 574. The first-order valence-electron chi connectivity index (χ1n) is 6.45. The SMILES string of the molecule is CCSC1NC(=O)/C(=C/c2ccc3c(c2)OCO3)N1C. The minimum Gasteiger partial charge on any atom is -0.454 e. The normalized spacial score (nSPS) is 22.5.